The molecular weight excluding hydrogens is 458 g/mol. The highest BCUT2D eigenvalue weighted by atomic mass is 32.2. The lowest BCUT2D eigenvalue weighted by atomic mass is 10.0. The van der Waals surface area contributed by atoms with E-state index in [9.17, 15) is 13.2 Å². The van der Waals surface area contributed by atoms with Crippen LogP contribution in [-0.4, -0.2) is 34.8 Å². The van der Waals surface area contributed by atoms with Crippen molar-refractivity contribution in [3.8, 4) is 0 Å². The van der Waals surface area contributed by atoms with Gasteiger partial charge < -0.3 is 9.88 Å². The monoisotopic (exact) mass is 487 g/mol. The molecule has 0 fully saturated rings. The van der Waals surface area contributed by atoms with Crippen molar-refractivity contribution in [1.82, 2.24) is 19.5 Å². The molecule has 2 N–H and O–H groups in total. The average Bonchev–Trinajstić information content (AvgIpc) is 3.16. The smallest absolute Gasteiger partial charge is 0.240 e. The van der Waals surface area contributed by atoms with Crippen LogP contribution in [0.5, 0.6) is 0 Å². The van der Waals surface area contributed by atoms with E-state index in [-0.39, 0.29) is 23.1 Å². The van der Waals surface area contributed by atoms with Crippen LogP contribution in [-0.2, 0) is 41.3 Å². The maximum atomic E-state index is 12.6. The lowest BCUT2D eigenvalue weighted by Crippen LogP contribution is -2.24. The summed E-state index contributed by atoms with van der Waals surface area (Å²) in [5.41, 5.74) is 4.08. The lowest BCUT2D eigenvalue weighted by molar-refractivity contribution is -0.113. The van der Waals surface area contributed by atoms with Crippen molar-refractivity contribution in [3.63, 3.8) is 0 Å². The number of sulfonamides is 1. The average molecular weight is 488 g/mol. The molecule has 1 aromatic heterocycles. The van der Waals surface area contributed by atoms with Crippen molar-refractivity contribution in [3.05, 3.63) is 65.0 Å². The highest BCUT2D eigenvalue weighted by Gasteiger charge is 2.17. The molecule has 0 aliphatic rings. The van der Waals surface area contributed by atoms with Crippen molar-refractivity contribution in [2.45, 2.75) is 50.2 Å². The summed E-state index contributed by atoms with van der Waals surface area (Å²) in [4.78, 5) is 12.8. The second-order valence-corrected chi connectivity index (χ2v) is 10.3. The fourth-order valence-electron chi connectivity index (χ4n) is 3.29. The van der Waals surface area contributed by atoms with E-state index in [0.29, 0.717) is 11.0 Å². The quantitative estimate of drug-likeness (QED) is 0.424. The zero-order chi connectivity index (χ0) is 24.0. The molecule has 0 unspecified atom stereocenters. The second kappa shape index (κ2) is 11.0. The number of anilines is 1. The number of thioether (sulfide) groups is 1. The van der Waals surface area contributed by atoms with E-state index in [0.717, 1.165) is 35.2 Å². The Labute approximate surface area is 199 Å². The Hall–Kier alpha value is -2.69. The van der Waals surface area contributed by atoms with Crippen LogP contribution >= 0.6 is 11.8 Å². The van der Waals surface area contributed by atoms with Gasteiger partial charge in [-0.2, -0.15) is 0 Å². The van der Waals surface area contributed by atoms with Gasteiger partial charge in [0.25, 0.3) is 0 Å². The number of para-hydroxylation sites is 1. The molecule has 3 rings (SSSR count). The van der Waals surface area contributed by atoms with Crippen LogP contribution in [0, 0.1) is 6.92 Å². The molecule has 1 heterocycles. The number of aryl methyl sites for hydroxylation is 3. The zero-order valence-electron chi connectivity index (χ0n) is 19.3. The fraction of sp³-hybridized carbons (Fsp3) is 0.348. The van der Waals surface area contributed by atoms with Gasteiger partial charge in [-0.05, 0) is 43.0 Å². The standard InChI is InChI=1S/C23H29N5O3S2/c1-5-17-8-7-9-18(6-2)22(17)25-21(29)15-32-23-27-26-20(28(23)4)14-24-33(30,31)19-12-10-16(3)11-13-19/h7-13,24H,5-6,14-15H2,1-4H3,(H,25,29). The number of hydrogen-bond donors (Lipinski definition) is 2. The van der Waals surface area contributed by atoms with Crippen LogP contribution in [0.1, 0.15) is 36.4 Å². The SMILES string of the molecule is CCc1cccc(CC)c1NC(=O)CSc1nnc(CNS(=O)(=O)c2ccc(C)cc2)n1C. The van der Waals surface area contributed by atoms with Crippen molar-refractivity contribution in [2.75, 3.05) is 11.1 Å². The van der Waals surface area contributed by atoms with Crippen molar-refractivity contribution >= 4 is 33.4 Å². The molecule has 0 spiro atoms. The molecule has 8 nitrogen and oxygen atoms in total. The molecule has 3 aromatic rings. The van der Waals surface area contributed by atoms with Crippen molar-refractivity contribution in [1.29, 1.82) is 0 Å². The predicted molar refractivity (Wildman–Crippen MR) is 131 cm³/mol. The number of hydrogen-bond acceptors (Lipinski definition) is 6. The van der Waals surface area contributed by atoms with E-state index in [1.54, 1.807) is 35.9 Å². The molecule has 0 saturated carbocycles. The molecule has 0 aliphatic heterocycles. The number of carbonyl (C=O) groups excluding carboxylic acids is 1. The highest BCUT2D eigenvalue weighted by Crippen LogP contribution is 2.23. The van der Waals surface area contributed by atoms with E-state index in [2.05, 4.69) is 34.1 Å². The molecule has 176 valence electrons. The first kappa shape index (κ1) is 24.9. The maximum absolute atomic E-state index is 12.6. The minimum Gasteiger partial charge on any atom is -0.325 e. The van der Waals surface area contributed by atoms with Gasteiger partial charge in [-0.3, -0.25) is 4.79 Å². The van der Waals surface area contributed by atoms with Gasteiger partial charge in [0.2, 0.25) is 15.9 Å². The largest absolute Gasteiger partial charge is 0.325 e. The Morgan fingerprint density at radius 3 is 2.27 bits per heavy atom. The fourth-order valence-corrected chi connectivity index (χ4v) is 5.00. The van der Waals surface area contributed by atoms with Gasteiger partial charge >= 0.3 is 0 Å². The molecule has 33 heavy (non-hydrogen) atoms. The summed E-state index contributed by atoms with van der Waals surface area (Å²) in [7, 11) is -1.91. The molecule has 2 aromatic carbocycles. The first-order valence-electron chi connectivity index (χ1n) is 10.7. The number of benzene rings is 2. The van der Waals surface area contributed by atoms with Crippen molar-refractivity contribution < 1.29 is 13.2 Å². The number of rotatable bonds is 10. The summed E-state index contributed by atoms with van der Waals surface area (Å²) in [6.07, 6.45) is 1.67. The van der Waals surface area contributed by atoms with Crippen LogP contribution < -0.4 is 10.0 Å². The Kier molecular flexibility index (Phi) is 8.28. The molecule has 0 saturated heterocycles. The zero-order valence-corrected chi connectivity index (χ0v) is 20.9. The third-order valence-electron chi connectivity index (χ3n) is 5.27. The molecule has 1 amide bonds. The van der Waals surface area contributed by atoms with E-state index >= 15 is 0 Å². The minimum absolute atomic E-state index is 0.00377. The summed E-state index contributed by atoms with van der Waals surface area (Å²) in [6.45, 7) is 6.02. The van der Waals surface area contributed by atoms with Crippen LogP contribution in [0.4, 0.5) is 5.69 Å². The summed E-state index contributed by atoms with van der Waals surface area (Å²) in [5.74, 6) is 0.501. The molecular formula is C23H29N5O3S2. The maximum Gasteiger partial charge on any atom is 0.240 e. The van der Waals surface area contributed by atoms with Gasteiger partial charge in [-0.15, -0.1) is 10.2 Å². The highest BCUT2D eigenvalue weighted by molar-refractivity contribution is 7.99. The summed E-state index contributed by atoms with van der Waals surface area (Å²) < 4.78 is 29.2. The molecule has 0 radical (unpaired) electrons. The summed E-state index contributed by atoms with van der Waals surface area (Å²) in [6, 6.07) is 12.7. The third-order valence-corrected chi connectivity index (χ3v) is 7.71. The number of nitrogens with zero attached hydrogens (tertiary/aromatic N) is 3. The Morgan fingerprint density at radius 1 is 1.03 bits per heavy atom. The first-order valence-corrected chi connectivity index (χ1v) is 13.2. The van der Waals surface area contributed by atoms with Crippen LogP contribution in [0.3, 0.4) is 0 Å². The van der Waals surface area contributed by atoms with Crippen LogP contribution in [0.2, 0.25) is 0 Å². The second-order valence-electron chi connectivity index (χ2n) is 7.59. The third kappa shape index (κ3) is 6.21. The summed E-state index contributed by atoms with van der Waals surface area (Å²) >= 11 is 1.25. The number of nitrogens with one attached hydrogen (secondary N) is 2. The normalized spacial score (nSPS) is 11.5. The van der Waals surface area contributed by atoms with E-state index < -0.39 is 10.0 Å². The van der Waals surface area contributed by atoms with Gasteiger partial charge in [0.1, 0.15) is 5.82 Å². The first-order chi connectivity index (χ1) is 15.7. The molecule has 0 atom stereocenters. The topological polar surface area (TPSA) is 106 Å². The van der Waals surface area contributed by atoms with E-state index in [4.69, 9.17) is 0 Å². The van der Waals surface area contributed by atoms with Crippen molar-refractivity contribution in [2.24, 2.45) is 7.05 Å². The Balaban J connectivity index is 1.60. The molecule has 0 aliphatic carbocycles. The number of aromatic nitrogens is 3. The van der Waals surface area contributed by atoms with Gasteiger partial charge in [-0.25, -0.2) is 13.1 Å². The predicted octanol–water partition coefficient (Wildman–Crippen LogP) is 3.46. The summed E-state index contributed by atoms with van der Waals surface area (Å²) in [5, 5.41) is 11.8. The van der Waals surface area contributed by atoms with Crippen LogP contribution in [0.25, 0.3) is 0 Å². The number of amides is 1. The van der Waals surface area contributed by atoms with Gasteiger partial charge in [0.15, 0.2) is 5.16 Å². The van der Waals surface area contributed by atoms with Gasteiger partial charge in [-0.1, -0.05) is 61.5 Å². The van der Waals surface area contributed by atoms with E-state index in [1.165, 1.54) is 11.8 Å². The Bertz CT molecular complexity index is 1200. The molecule has 0 bridgehead atoms. The minimum atomic E-state index is -3.66. The Morgan fingerprint density at radius 2 is 1.67 bits per heavy atom. The van der Waals surface area contributed by atoms with Gasteiger partial charge in [0.05, 0.1) is 17.2 Å². The molecule has 10 heteroatoms. The lowest BCUT2D eigenvalue weighted by Gasteiger charge is -2.14. The van der Waals surface area contributed by atoms with Gasteiger partial charge in [0, 0.05) is 12.7 Å². The number of carbonyl (C=O) groups is 1. The van der Waals surface area contributed by atoms with E-state index in [1.807, 2.05) is 25.1 Å². The van der Waals surface area contributed by atoms with Crippen LogP contribution in [0.15, 0.2) is 52.5 Å².